The highest BCUT2D eigenvalue weighted by Crippen LogP contribution is 2.51. The number of carbonyl (C=O) groups is 9. The van der Waals surface area contributed by atoms with Gasteiger partial charge >= 0.3 is 43.6 Å². The lowest BCUT2D eigenvalue weighted by molar-refractivity contribution is -0.145. The molecule has 0 aromatic heterocycles. The Bertz CT molecular complexity index is 973. The quantitative estimate of drug-likeness (QED) is 0.0995. The Balaban J connectivity index is 5.64. The van der Waals surface area contributed by atoms with Crippen LogP contribution in [-0.2, 0) is 61.3 Å². The number of nitrogens with one attached hydrogen (secondary N) is 3. The maximum Gasteiger partial charge on any atom is 0.653 e. The molecule has 0 aromatic carbocycles. The fourth-order valence-corrected chi connectivity index (χ4v) is 4.00. The standard InChI is InChI=1S/C21H30N3O16P/c1-10(25)22-13(19(31)32)4-7-16(28)38-41(37,39-17(29)8-5-14(20(33)34)23-11(2)26)40-18(30)9-6-15(21(35)36)24-12(3)27/h13-15H,4-9H2,1-3H3,(H,22,25)(H,23,26)(H,24,27)(H,31,32)(H,33,34)(H,35,36). The van der Waals surface area contributed by atoms with Gasteiger partial charge in [0.2, 0.25) is 17.7 Å². The molecule has 0 aliphatic carbocycles. The Morgan fingerprint density at radius 1 is 0.537 bits per heavy atom. The molecular weight excluding hydrogens is 581 g/mol. The average molecular weight is 611 g/mol. The molecule has 20 heteroatoms. The van der Waals surface area contributed by atoms with Crippen LogP contribution in [0.2, 0.25) is 0 Å². The first-order valence-corrected chi connectivity index (χ1v) is 13.1. The van der Waals surface area contributed by atoms with Crippen molar-refractivity contribution in [3.8, 4) is 0 Å². The smallest absolute Gasteiger partial charge is 0.480 e. The van der Waals surface area contributed by atoms with E-state index in [9.17, 15) is 47.7 Å². The minimum Gasteiger partial charge on any atom is -0.480 e. The number of carboxylic acids is 3. The summed E-state index contributed by atoms with van der Waals surface area (Å²) in [5.74, 6) is -11.4. The van der Waals surface area contributed by atoms with Crippen molar-refractivity contribution < 1.29 is 76.6 Å². The third-order valence-electron chi connectivity index (χ3n) is 4.58. The number of carbonyl (C=O) groups excluding carboxylic acids is 6. The van der Waals surface area contributed by atoms with Crippen LogP contribution >= 0.6 is 7.82 Å². The van der Waals surface area contributed by atoms with Gasteiger partial charge in [-0.3, -0.25) is 28.8 Å². The van der Waals surface area contributed by atoms with Crippen molar-refractivity contribution in [2.24, 2.45) is 0 Å². The number of rotatable bonds is 18. The normalized spacial score (nSPS) is 14.0. The molecule has 0 saturated heterocycles. The number of amides is 3. The van der Waals surface area contributed by atoms with Crippen molar-refractivity contribution in [2.75, 3.05) is 0 Å². The summed E-state index contributed by atoms with van der Waals surface area (Å²) in [6, 6.07) is -4.73. The molecule has 0 spiro atoms. The fraction of sp³-hybridized carbons (Fsp3) is 0.571. The van der Waals surface area contributed by atoms with E-state index in [0.717, 1.165) is 20.8 Å². The lowest BCUT2D eigenvalue weighted by atomic mass is 10.1. The van der Waals surface area contributed by atoms with E-state index in [1.54, 1.807) is 0 Å². The maximum absolute atomic E-state index is 13.0. The van der Waals surface area contributed by atoms with Crippen LogP contribution in [0.15, 0.2) is 0 Å². The first kappa shape index (κ1) is 36.5. The van der Waals surface area contributed by atoms with Crippen molar-refractivity contribution in [3.63, 3.8) is 0 Å². The zero-order valence-electron chi connectivity index (χ0n) is 22.1. The second kappa shape index (κ2) is 17.2. The summed E-state index contributed by atoms with van der Waals surface area (Å²) in [5, 5.41) is 33.4. The molecular formula is C21H30N3O16P. The summed E-state index contributed by atoms with van der Waals surface area (Å²) in [4.78, 5) is 104. The molecule has 3 amide bonds. The van der Waals surface area contributed by atoms with Gasteiger partial charge in [0.05, 0.1) is 0 Å². The van der Waals surface area contributed by atoms with Crippen molar-refractivity contribution in [1.82, 2.24) is 16.0 Å². The second-order valence-corrected chi connectivity index (χ2v) is 9.67. The van der Waals surface area contributed by atoms with Crippen LogP contribution in [0.4, 0.5) is 0 Å². The topological polar surface area (TPSA) is 295 Å². The Hall–Kier alpha value is -4.54. The molecule has 0 aromatic rings. The highest BCUT2D eigenvalue weighted by Gasteiger charge is 2.40. The summed E-state index contributed by atoms with van der Waals surface area (Å²) in [5.41, 5.74) is 0. The van der Waals surface area contributed by atoms with E-state index in [0.29, 0.717) is 0 Å². The van der Waals surface area contributed by atoms with E-state index in [-0.39, 0.29) is 0 Å². The summed E-state index contributed by atoms with van der Waals surface area (Å²) in [6.45, 7) is 3.01. The Kier molecular flexibility index (Phi) is 15.3. The molecule has 19 nitrogen and oxygen atoms in total. The largest absolute Gasteiger partial charge is 0.653 e. The van der Waals surface area contributed by atoms with Gasteiger partial charge in [-0.25, -0.2) is 14.4 Å². The molecule has 0 fully saturated rings. The fourth-order valence-electron chi connectivity index (χ4n) is 2.86. The molecule has 41 heavy (non-hydrogen) atoms. The molecule has 0 aliphatic heterocycles. The van der Waals surface area contributed by atoms with E-state index in [1.807, 2.05) is 16.0 Å². The second-order valence-electron chi connectivity index (χ2n) is 8.23. The molecule has 0 radical (unpaired) electrons. The van der Waals surface area contributed by atoms with Gasteiger partial charge in [-0.15, -0.1) is 0 Å². The van der Waals surface area contributed by atoms with Gasteiger partial charge < -0.3 is 44.8 Å². The molecule has 0 heterocycles. The van der Waals surface area contributed by atoms with Crippen molar-refractivity contribution >= 4 is 61.4 Å². The van der Waals surface area contributed by atoms with Crippen molar-refractivity contribution in [2.45, 2.75) is 77.4 Å². The third kappa shape index (κ3) is 16.2. The monoisotopic (exact) mass is 611 g/mol. The molecule has 0 aliphatic rings. The van der Waals surface area contributed by atoms with E-state index in [1.165, 1.54) is 0 Å². The predicted molar refractivity (Wildman–Crippen MR) is 129 cm³/mol. The predicted octanol–water partition coefficient (Wildman–Crippen LogP) is -1.17. The van der Waals surface area contributed by atoms with Gasteiger partial charge in [0.15, 0.2) is 0 Å². The SMILES string of the molecule is CC(=O)NC(CCC(=O)OP(=O)(OC(=O)CCC(NC(C)=O)C(=O)O)OC(=O)CCC(NC(C)=O)C(=O)O)C(=O)O. The first-order valence-electron chi connectivity index (χ1n) is 11.6. The van der Waals surface area contributed by atoms with Crippen LogP contribution in [0.3, 0.4) is 0 Å². The van der Waals surface area contributed by atoms with Crippen LogP contribution in [0.1, 0.15) is 59.3 Å². The van der Waals surface area contributed by atoms with Crippen LogP contribution in [0.5, 0.6) is 0 Å². The molecule has 0 rings (SSSR count). The number of carboxylic acid groups (broad SMARTS) is 3. The minimum atomic E-state index is -5.47. The Labute approximate surface area is 231 Å². The molecule has 6 N–H and O–H groups in total. The lowest BCUT2D eigenvalue weighted by Gasteiger charge is -2.18. The van der Waals surface area contributed by atoms with Gasteiger partial charge in [0.25, 0.3) is 0 Å². The number of phosphoric acid groups is 1. The minimum absolute atomic E-state index is 0.594. The van der Waals surface area contributed by atoms with Gasteiger partial charge in [-0.05, 0) is 19.3 Å². The zero-order valence-corrected chi connectivity index (χ0v) is 23.0. The van der Waals surface area contributed by atoms with Crippen molar-refractivity contribution in [1.29, 1.82) is 0 Å². The van der Waals surface area contributed by atoms with Crippen LogP contribution in [0.25, 0.3) is 0 Å². The van der Waals surface area contributed by atoms with Crippen LogP contribution < -0.4 is 16.0 Å². The van der Waals surface area contributed by atoms with E-state index in [2.05, 4.69) is 13.6 Å². The summed E-state index contributed by atoms with van der Waals surface area (Å²) >= 11 is 0. The number of aliphatic carboxylic acids is 3. The number of hydrogen-bond acceptors (Lipinski definition) is 13. The number of hydrogen-bond donors (Lipinski definition) is 6. The van der Waals surface area contributed by atoms with E-state index >= 15 is 0 Å². The summed E-state index contributed by atoms with van der Waals surface area (Å²) in [6.07, 6.45) is -4.31. The van der Waals surface area contributed by atoms with E-state index < -0.39 is 118 Å². The summed E-state index contributed by atoms with van der Waals surface area (Å²) in [7, 11) is -5.47. The van der Waals surface area contributed by atoms with Crippen molar-refractivity contribution in [3.05, 3.63) is 0 Å². The maximum atomic E-state index is 13.0. The van der Waals surface area contributed by atoms with Gasteiger partial charge in [-0.1, -0.05) is 0 Å². The molecule has 230 valence electrons. The first-order chi connectivity index (χ1) is 18.8. The lowest BCUT2D eigenvalue weighted by Crippen LogP contribution is -2.40. The molecule has 3 unspecified atom stereocenters. The Morgan fingerprint density at radius 3 is 0.927 bits per heavy atom. The molecule has 0 saturated carbocycles. The van der Waals surface area contributed by atoms with Crippen LogP contribution in [0, 0.1) is 0 Å². The molecule has 3 atom stereocenters. The van der Waals surface area contributed by atoms with E-state index in [4.69, 9.17) is 15.3 Å². The highest BCUT2D eigenvalue weighted by molar-refractivity contribution is 7.50. The summed E-state index contributed by atoms with van der Waals surface area (Å²) < 4.78 is 26.5. The van der Waals surface area contributed by atoms with Crippen LogP contribution in [-0.4, -0.2) is 87.0 Å². The van der Waals surface area contributed by atoms with Gasteiger partial charge in [0.1, 0.15) is 18.1 Å². The third-order valence-corrected chi connectivity index (χ3v) is 5.86. The number of phosphoric ester groups is 1. The average Bonchev–Trinajstić information content (AvgIpc) is 2.80. The zero-order chi connectivity index (χ0) is 31.9. The van der Waals surface area contributed by atoms with Gasteiger partial charge in [0, 0.05) is 40.0 Å². The Morgan fingerprint density at radius 2 is 0.756 bits per heavy atom. The highest BCUT2D eigenvalue weighted by atomic mass is 31.2. The molecule has 0 bridgehead atoms. The van der Waals surface area contributed by atoms with Gasteiger partial charge in [-0.2, -0.15) is 4.57 Å².